The highest BCUT2D eigenvalue weighted by atomic mass is 32.1. The number of nitrogens with zero attached hydrogens (tertiary/aromatic N) is 2. The molecule has 1 aliphatic rings. The Balaban J connectivity index is 1.66. The average molecular weight is 505 g/mol. The number of para-hydroxylation sites is 1. The Morgan fingerprint density at radius 2 is 1.89 bits per heavy atom. The molecule has 1 amide bonds. The molecule has 5 rings (SSSR count). The number of hydrogen-bond donors (Lipinski definition) is 0. The molecule has 2 aromatic heterocycles. The summed E-state index contributed by atoms with van der Waals surface area (Å²) in [6.07, 6.45) is 3.15. The number of thiazole rings is 1. The second-order valence-electron chi connectivity index (χ2n) is 8.85. The van der Waals surface area contributed by atoms with Crippen LogP contribution in [0.2, 0.25) is 0 Å². The number of fused-ring (bicyclic) bond motifs is 2. The van der Waals surface area contributed by atoms with E-state index in [1.165, 1.54) is 11.3 Å². The molecule has 0 radical (unpaired) electrons. The monoisotopic (exact) mass is 504 g/mol. The highest BCUT2D eigenvalue weighted by molar-refractivity contribution is 7.15. The van der Waals surface area contributed by atoms with Gasteiger partial charge in [-0.3, -0.25) is 14.5 Å². The van der Waals surface area contributed by atoms with Crippen LogP contribution in [0.3, 0.4) is 0 Å². The molecule has 1 atom stereocenters. The maximum absolute atomic E-state index is 13.7. The van der Waals surface area contributed by atoms with E-state index in [2.05, 4.69) is 11.9 Å². The standard InChI is InChI=1S/C28H28N2O5S/c1-5-6-9-14-34-21-13-12-18(15-22(21)33-4)24-23-25(31)19-10-7-8-11-20(19)35-26(23)27(32)30(24)28-29-16(2)17(3)36-28/h7-8,10-13,15,24H,5-6,9,14H2,1-4H3. The van der Waals surface area contributed by atoms with Crippen LogP contribution < -0.4 is 19.8 Å². The normalized spacial score (nSPS) is 14.9. The third-order valence-electron chi connectivity index (χ3n) is 6.51. The highest BCUT2D eigenvalue weighted by Crippen LogP contribution is 2.44. The van der Waals surface area contributed by atoms with E-state index >= 15 is 0 Å². The second kappa shape index (κ2) is 9.78. The van der Waals surface area contributed by atoms with Gasteiger partial charge < -0.3 is 13.9 Å². The van der Waals surface area contributed by atoms with Crippen LogP contribution in [0.5, 0.6) is 11.5 Å². The zero-order chi connectivity index (χ0) is 25.4. The van der Waals surface area contributed by atoms with E-state index in [0.717, 1.165) is 29.8 Å². The average Bonchev–Trinajstić information content (AvgIpc) is 3.37. The van der Waals surface area contributed by atoms with Crippen LogP contribution in [0.25, 0.3) is 11.0 Å². The summed E-state index contributed by atoms with van der Waals surface area (Å²) < 4.78 is 17.6. The van der Waals surface area contributed by atoms with Gasteiger partial charge in [-0.2, -0.15) is 0 Å². The molecule has 0 saturated carbocycles. The van der Waals surface area contributed by atoms with Crippen molar-refractivity contribution in [3.05, 3.63) is 80.1 Å². The number of aromatic nitrogens is 1. The smallest absolute Gasteiger partial charge is 0.297 e. The van der Waals surface area contributed by atoms with Crippen LogP contribution in [-0.2, 0) is 0 Å². The van der Waals surface area contributed by atoms with Gasteiger partial charge in [-0.05, 0) is 50.1 Å². The Bertz CT molecular complexity index is 1490. The van der Waals surface area contributed by atoms with Crippen LogP contribution in [0.15, 0.2) is 51.7 Å². The molecule has 3 heterocycles. The molecule has 8 heteroatoms. The van der Waals surface area contributed by atoms with Gasteiger partial charge in [0.05, 0.1) is 36.4 Å². The van der Waals surface area contributed by atoms with E-state index in [0.29, 0.717) is 45.3 Å². The van der Waals surface area contributed by atoms with E-state index in [-0.39, 0.29) is 17.1 Å². The van der Waals surface area contributed by atoms with Crippen LogP contribution in [-0.4, -0.2) is 24.6 Å². The SMILES string of the molecule is CCCCCOc1ccc(C2c3c(oc4ccccc4c3=O)C(=O)N2c2nc(C)c(C)s2)cc1OC. The fraction of sp³-hybridized carbons (Fsp3) is 0.321. The van der Waals surface area contributed by atoms with Crippen molar-refractivity contribution in [2.24, 2.45) is 0 Å². The summed E-state index contributed by atoms with van der Waals surface area (Å²) in [5.41, 5.74) is 2.03. The van der Waals surface area contributed by atoms with Crippen LogP contribution >= 0.6 is 11.3 Å². The summed E-state index contributed by atoms with van der Waals surface area (Å²) in [4.78, 5) is 34.6. The number of carbonyl (C=O) groups excluding carboxylic acids is 1. The maximum Gasteiger partial charge on any atom is 0.297 e. The quantitative estimate of drug-likeness (QED) is 0.266. The number of rotatable bonds is 8. The van der Waals surface area contributed by atoms with Crippen molar-refractivity contribution in [1.82, 2.24) is 4.98 Å². The Morgan fingerprint density at radius 3 is 2.61 bits per heavy atom. The first-order valence-electron chi connectivity index (χ1n) is 12.1. The van der Waals surface area contributed by atoms with Gasteiger partial charge in [0.15, 0.2) is 22.1 Å². The van der Waals surface area contributed by atoms with Gasteiger partial charge in [0.25, 0.3) is 5.91 Å². The largest absolute Gasteiger partial charge is 0.493 e. The number of amides is 1. The summed E-state index contributed by atoms with van der Waals surface area (Å²) in [5, 5.41) is 0.957. The Labute approximate surface area is 213 Å². The third-order valence-corrected chi connectivity index (χ3v) is 7.58. The van der Waals surface area contributed by atoms with Gasteiger partial charge in [-0.25, -0.2) is 4.98 Å². The van der Waals surface area contributed by atoms with Crippen molar-refractivity contribution >= 4 is 33.3 Å². The Morgan fingerprint density at radius 1 is 1.08 bits per heavy atom. The maximum atomic E-state index is 13.7. The molecule has 36 heavy (non-hydrogen) atoms. The number of aryl methyl sites for hydroxylation is 2. The first-order chi connectivity index (χ1) is 17.4. The highest BCUT2D eigenvalue weighted by Gasteiger charge is 2.45. The lowest BCUT2D eigenvalue weighted by Crippen LogP contribution is -2.29. The minimum atomic E-state index is -0.707. The predicted octanol–water partition coefficient (Wildman–Crippen LogP) is 6.19. The Kier molecular flexibility index (Phi) is 6.53. The number of anilines is 1. The van der Waals surface area contributed by atoms with Gasteiger partial charge in [0.1, 0.15) is 5.58 Å². The molecule has 4 aromatic rings. The molecular weight excluding hydrogens is 476 g/mol. The third kappa shape index (κ3) is 4.05. The van der Waals surface area contributed by atoms with Crippen LogP contribution in [0, 0.1) is 13.8 Å². The van der Waals surface area contributed by atoms with E-state index in [1.807, 2.05) is 32.0 Å². The molecule has 1 unspecified atom stereocenters. The minimum absolute atomic E-state index is 0.0491. The summed E-state index contributed by atoms with van der Waals surface area (Å²) in [7, 11) is 1.58. The van der Waals surface area contributed by atoms with Gasteiger partial charge >= 0.3 is 0 Å². The number of hydrogen-bond acceptors (Lipinski definition) is 7. The van der Waals surface area contributed by atoms with Crippen LogP contribution in [0.1, 0.15) is 64.5 Å². The topological polar surface area (TPSA) is 81.9 Å². The van der Waals surface area contributed by atoms with Crippen molar-refractivity contribution < 1.29 is 18.7 Å². The van der Waals surface area contributed by atoms with E-state index in [9.17, 15) is 9.59 Å². The number of ether oxygens (including phenoxy) is 2. The number of methoxy groups -OCH3 is 1. The van der Waals surface area contributed by atoms with Gasteiger partial charge in [-0.15, -0.1) is 11.3 Å². The zero-order valence-electron chi connectivity index (χ0n) is 20.8. The summed E-state index contributed by atoms with van der Waals surface area (Å²) in [6, 6.07) is 11.8. The molecule has 0 aliphatic carbocycles. The van der Waals surface area contributed by atoms with Gasteiger partial charge in [0, 0.05) is 4.88 Å². The van der Waals surface area contributed by atoms with Crippen molar-refractivity contribution in [1.29, 1.82) is 0 Å². The lowest BCUT2D eigenvalue weighted by atomic mass is 9.98. The molecule has 1 aliphatic heterocycles. The fourth-order valence-electron chi connectivity index (χ4n) is 4.50. The summed E-state index contributed by atoms with van der Waals surface area (Å²) in [6.45, 7) is 6.61. The molecule has 186 valence electrons. The lowest BCUT2D eigenvalue weighted by molar-refractivity contribution is 0.0971. The van der Waals surface area contributed by atoms with E-state index in [4.69, 9.17) is 13.9 Å². The summed E-state index contributed by atoms with van der Waals surface area (Å²) in [5.74, 6) is 0.833. The molecule has 7 nitrogen and oxygen atoms in total. The predicted molar refractivity (Wildman–Crippen MR) is 141 cm³/mol. The second-order valence-corrected chi connectivity index (χ2v) is 10.0. The minimum Gasteiger partial charge on any atom is -0.493 e. The van der Waals surface area contributed by atoms with Crippen molar-refractivity contribution in [3.8, 4) is 11.5 Å². The first kappa shape index (κ1) is 24.1. The number of benzene rings is 2. The Hall–Kier alpha value is -3.65. The molecule has 0 saturated heterocycles. The molecular formula is C28H28N2O5S. The lowest BCUT2D eigenvalue weighted by Gasteiger charge is -2.23. The van der Waals surface area contributed by atoms with Gasteiger partial charge in [0.2, 0.25) is 5.76 Å². The molecule has 0 bridgehead atoms. The van der Waals surface area contributed by atoms with Crippen molar-refractivity contribution in [3.63, 3.8) is 0 Å². The number of unbranched alkanes of at least 4 members (excludes halogenated alkanes) is 2. The van der Waals surface area contributed by atoms with Crippen molar-refractivity contribution in [2.75, 3.05) is 18.6 Å². The van der Waals surface area contributed by atoms with E-state index in [1.54, 1.807) is 36.3 Å². The number of carbonyl (C=O) groups is 1. The molecule has 0 N–H and O–H groups in total. The molecule has 2 aromatic carbocycles. The first-order valence-corrected chi connectivity index (χ1v) is 12.9. The van der Waals surface area contributed by atoms with Crippen LogP contribution in [0.4, 0.5) is 5.13 Å². The zero-order valence-corrected chi connectivity index (χ0v) is 21.6. The molecule has 0 spiro atoms. The molecule has 0 fully saturated rings. The van der Waals surface area contributed by atoms with Crippen molar-refractivity contribution in [2.45, 2.75) is 46.1 Å². The van der Waals surface area contributed by atoms with E-state index < -0.39 is 6.04 Å². The summed E-state index contributed by atoms with van der Waals surface area (Å²) >= 11 is 1.42. The van der Waals surface area contributed by atoms with Gasteiger partial charge in [-0.1, -0.05) is 38.0 Å². The fourth-order valence-corrected chi connectivity index (χ4v) is 5.44.